The number of carbonyl (C=O) groups is 1. The van der Waals surface area contributed by atoms with Crippen molar-refractivity contribution in [2.24, 2.45) is 5.73 Å². The van der Waals surface area contributed by atoms with Crippen LogP contribution in [0.5, 0.6) is 0 Å². The topological polar surface area (TPSA) is 59.2 Å². The van der Waals surface area contributed by atoms with Gasteiger partial charge in [-0.25, -0.2) is 4.98 Å². The third-order valence-corrected chi connectivity index (χ3v) is 6.96. The van der Waals surface area contributed by atoms with Gasteiger partial charge in [0.15, 0.2) is 0 Å². The minimum absolute atomic E-state index is 0.00537. The molecule has 1 atom stereocenters. The highest BCUT2D eigenvalue weighted by Crippen LogP contribution is 2.53. The lowest BCUT2D eigenvalue weighted by Gasteiger charge is -2.27. The molecule has 31 heavy (non-hydrogen) atoms. The average Bonchev–Trinajstić information content (AvgIpc) is 3.16. The summed E-state index contributed by atoms with van der Waals surface area (Å²) in [7, 11) is 0. The fraction of sp³-hybridized carbons (Fsp3) is 0.0769. The zero-order chi connectivity index (χ0) is 21.4. The number of thioether (sulfide) groups is 1. The number of para-hydroxylation sites is 1. The van der Waals surface area contributed by atoms with Crippen LogP contribution in [-0.4, -0.2) is 10.9 Å². The molecule has 1 aliphatic heterocycles. The predicted molar refractivity (Wildman–Crippen MR) is 129 cm³/mol. The number of fused-ring (bicyclic) bond motifs is 1. The Labute approximate surface area is 185 Å². The maximum Gasteiger partial charge on any atom is 0.249 e. The summed E-state index contributed by atoms with van der Waals surface area (Å²) >= 11 is 1.72. The Kier molecular flexibility index (Phi) is 4.96. The van der Waals surface area contributed by atoms with Gasteiger partial charge in [-0.15, -0.1) is 0 Å². The quantitative estimate of drug-likeness (QED) is 0.439. The molecule has 5 heteroatoms. The highest BCUT2D eigenvalue weighted by Gasteiger charge is 2.35. The first-order valence-electron chi connectivity index (χ1n) is 10.1. The second-order valence-electron chi connectivity index (χ2n) is 7.44. The summed E-state index contributed by atoms with van der Waals surface area (Å²) in [6.45, 7) is 2.08. The van der Waals surface area contributed by atoms with Crippen molar-refractivity contribution in [1.82, 2.24) is 4.98 Å². The molecule has 4 nitrogen and oxygen atoms in total. The van der Waals surface area contributed by atoms with E-state index in [1.54, 1.807) is 17.8 Å². The molecule has 1 aliphatic rings. The zero-order valence-electron chi connectivity index (χ0n) is 17.0. The van der Waals surface area contributed by atoms with Crippen molar-refractivity contribution < 1.29 is 4.79 Å². The standard InChI is InChI=1S/C26H21N3OS/c1-17-24(20-12-6-7-13-21(20)25(27)30)31-26(19-10-3-2-4-11-19)29(17)23-16-15-18-9-5-8-14-22(18)28-23/h2-16,26H,1H3,(H2,27,30). The molecule has 0 radical (unpaired) electrons. The maximum atomic E-state index is 12.1. The van der Waals surface area contributed by atoms with Crippen LogP contribution in [0.3, 0.4) is 0 Å². The summed E-state index contributed by atoms with van der Waals surface area (Å²) in [6, 6.07) is 30.2. The van der Waals surface area contributed by atoms with Crippen LogP contribution in [0, 0.1) is 0 Å². The fourth-order valence-corrected chi connectivity index (χ4v) is 5.47. The Hall–Kier alpha value is -3.57. The maximum absolute atomic E-state index is 12.1. The molecule has 1 amide bonds. The second kappa shape index (κ2) is 7.93. The lowest BCUT2D eigenvalue weighted by Crippen LogP contribution is -2.22. The summed E-state index contributed by atoms with van der Waals surface area (Å²) in [6.07, 6.45) is 0. The minimum Gasteiger partial charge on any atom is -0.366 e. The number of benzene rings is 3. The van der Waals surface area contributed by atoms with Crippen molar-refractivity contribution in [1.29, 1.82) is 0 Å². The number of carbonyl (C=O) groups excluding carboxylic acids is 1. The van der Waals surface area contributed by atoms with Crippen LogP contribution in [0.1, 0.15) is 33.8 Å². The molecule has 0 saturated carbocycles. The summed E-state index contributed by atoms with van der Waals surface area (Å²) in [5.74, 6) is 0.458. The molecule has 3 aromatic carbocycles. The largest absolute Gasteiger partial charge is 0.366 e. The van der Waals surface area contributed by atoms with Gasteiger partial charge in [0.05, 0.1) is 5.52 Å². The van der Waals surface area contributed by atoms with E-state index < -0.39 is 5.91 Å². The van der Waals surface area contributed by atoms with Crippen LogP contribution in [0.25, 0.3) is 15.8 Å². The fourth-order valence-electron chi connectivity index (χ4n) is 4.01. The van der Waals surface area contributed by atoms with Crippen molar-refractivity contribution in [3.8, 4) is 0 Å². The minimum atomic E-state index is -0.421. The monoisotopic (exact) mass is 423 g/mol. The molecule has 0 spiro atoms. The normalized spacial score (nSPS) is 16.2. The number of aromatic nitrogens is 1. The van der Waals surface area contributed by atoms with Crippen LogP contribution in [-0.2, 0) is 0 Å². The third kappa shape index (κ3) is 3.47. The van der Waals surface area contributed by atoms with E-state index in [4.69, 9.17) is 10.7 Å². The first-order valence-corrected chi connectivity index (χ1v) is 11.0. The zero-order valence-corrected chi connectivity index (χ0v) is 17.8. The number of hydrogen-bond donors (Lipinski definition) is 1. The Bertz CT molecular complexity index is 1320. The van der Waals surface area contributed by atoms with Crippen LogP contribution in [0.15, 0.2) is 96.7 Å². The van der Waals surface area contributed by atoms with E-state index in [2.05, 4.69) is 42.2 Å². The Morgan fingerprint density at radius 3 is 2.42 bits per heavy atom. The van der Waals surface area contributed by atoms with Gasteiger partial charge in [-0.05, 0) is 36.8 Å². The molecular weight excluding hydrogens is 402 g/mol. The Morgan fingerprint density at radius 2 is 1.61 bits per heavy atom. The van der Waals surface area contributed by atoms with Gasteiger partial charge >= 0.3 is 0 Å². The Balaban J connectivity index is 1.69. The van der Waals surface area contributed by atoms with Crippen LogP contribution in [0.4, 0.5) is 5.82 Å². The van der Waals surface area contributed by atoms with Crippen molar-refractivity contribution in [3.05, 3.63) is 113 Å². The number of pyridine rings is 1. The molecule has 0 fully saturated rings. The summed E-state index contributed by atoms with van der Waals surface area (Å²) in [5, 5.41) is 1.11. The number of amides is 1. The molecule has 0 bridgehead atoms. The molecule has 5 rings (SSSR count). The number of anilines is 1. The van der Waals surface area contributed by atoms with Crippen LogP contribution in [0.2, 0.25) is 0 Å². The first kappa shape index (κ1) is 19.4. The van der Waals surface area contributed by atoms with Crippen molar-refractivity contribution >= 4 is 39.3 Å². The predicted octanol–water partition coefficient (Wildman–Crippen LogP) is 5.97. The molecule has 2 heterocycles. The number of allylic oxidation sites excluding steroid dienone is 1. The summed E-state index contributed by atoms with van der Waals surface area (Å²) < 4.78 is 0. The molecule has 4 aromatic rings. The van der Waals surface area contributed by atoms with E-state index in [9.17, 15) is 4.79 Å². The van der Waals surface area contributed by atoms with Gasteiger partial charge in [0, 0.05) is 27.1 Å². The number of hydrogen-bond acceptors (Lipinski definition) is 4. The van der Waals surface area contributed by atoms with Gasteiger partial charge in [-0.3, -0.25) is 4.79 Å². The van der Waals surface area contributed by atoms with Gasteiger partial charge in [0.25, 0.3) is 0 Å². The number of nitrogens with zero attached hydrogens (tertiary/aromatic N) is 2. The van der Waals surface area contributed by atoms with Crippen LogP contribution >= 0.6 is 11.8 Å². The molecule has 1 unspecified atom stereocenters. The molecule has 0 aliphatic carbocycles. The van der Waals surface area contributed by atoms with Crippen molar-refractivity contribution in [3.63, 3.8) is 0 Å². The van der Waals surface area contributed by atoms with Gasteiger partial charge in [0.1, 0.15) is 11.2 Å². The first-order chi connectivity index (χ1) is 15.1. The SMILES string of the molecule is CC1=C(c2ccccc2C(N)=O)SC(c2ccccc2)N1c1ccc2ccccc2n1. The lowest BCUT2D eigenvalue weighted by atomic mass is 10.1. The average molecular weight is 424 g/mol. The lowest BCUT2D eigenvalue weighted by molar-refractivity contribution is 0.1000. The number of primary amides is 1. The Morgan fingerprint density at radius 1 is 0.903 bits per heavy atom. The van der Waals surface area contributed by atoms with E-state index >= 15 is 0 Å². The highest BCUT2D eigenvalue weighted by atomic mass is 32.2. The van der Waals surface area contributed by atoms with Gasteiger partial charge in [0.2, 0.25) is 5.91 Å². The van der Waals surface area contributed by atoms with E-state index in [1.807, 2.05) is 54.6 Å². The summed E-state index contributed by atoms with van der Waals surface area (Å²) in [4.78, 5) is 20.3. The van der Waals surface area contributed by atoms with E-state index in [-0.39, 0.29) is 5.37 Å². The molecular formula is C26H21N3OS. The van der Waals surface area contributed by atoms with Gasteiger partial charge in [-0.1, -0.05) is 78.5 Å². The van der Waals surface area contributed by atoms with Gasteiger partial charge < -0.3 is 10.6 Å². The van der Waals surface area contributed by atoms with Crippen molar-refractivity contribution in [2.45, 2.75) is 12.3 Å². The van der Waals surface area contributed by atoms with E-state index in [0.717, 1.165) is 32.9 Å². The van der Waals surface area contributed by atoms with Crippen LogP contribution < -0.4 is 10.6 Å². The smallest absolute Gasteiger partial charge is 0.249 e. The third-order valence-electron chi connectivity index (χ3n) is 5.51. The molecule has 0 saturated heterocycles. The van der Waals surface area contributed by atoms with Crippen molar-refractivity contribution in [2.75, 3.05) is 4.90 Å². The van der Waals surface area contributed by atoms with E-state index in [0.29, 0.717) is 5.56 Å². The number of rotatable bonds is 4. The number of nitrogens with two attached hydrogens (primary N) is 1. The van der Waals surface area contributed by atoms with E-state index in [1.165, 1.54) is 5.56 Å². The molecule has 2 N–H and O–H groups in total. The second-order valence-corrected chi connectivity index (χ2v) is 8.53. The molecule has 152 valence electrons. The van der Waals surface area contributed by atoms with Gasteiger partial charge in [-0.2, -0.15) is 0 Å². The highest BCUT2D eigenvalue weighted by molar-refractivity contribution is 8.09. The molecule has 1 aromatic heterocycles. The summed E-state index contributed by atoms with van der Waals surface area (Å²) in [5.41, 5.74) is 10.3.